The number of para-hydroxylation sites is 1. The number of hydrogen-bond donors (Lipinski definition) is 1. The quantitative estimate of drug-likeness (QED) is 0.903. The number of carbonyl (C=O) groups excluding carboxylic acids is 1. The van der Waals surface area contributed by atoms with Crippen molar-refractivity contribution >= 4 is 5.91 Å². The van der Waals surface area contributed by atoms with Crippen molar-refractivity contribution in [2.24, 2.45) is 11.3 Å². The molecule has 0 radical (unpaired) electrons. The molecule has 2 saturated carbocycles. The molecule has 2 aliphatic carbocycles. The topological polar surface area (TPSA) is 47.6 Å². The third-order valence-electron chi connectivity index (χ3n) is 6.34. The monoisotopic (exact) mass is 329 g/mol. The van der Waals surface area contributed by atoms with Gasteiger partial charge in [0.15, 0.2) is 0 Å². The van der Waals surface area contributed by atoms with Gasteiger partial charge in [0.2, 0.25) is 5.91 Å². The van der Waals surface area contributed by atoms with Crippen molar-refractivity contribution in [3.05, 3.63) is 29.3 Å². The summed E-state index contributed by atoms with van der Waals surface area (Å²) in [5, 5.41) is 3.30. The number of amides is 1. The smallest absolute Gasteiger partial charge is 0.223 e. The van der Waals surface area contributed by atoms with E-state index in [0.29, 0.717) is 31.1 Å². The zero-order chi connectivity index (χ0) is 16.7. The van der Waals surface area contributed by atoms with Gasteiger partial charge in [-0.2, -0.15) is 0 Å². The highest BCUT2D eigenvalue weighted by molar-refractivity contribution is 5.76. The summed E-state index contributed by atoms with van der Waals surface area (Å²) in [5.74, 6) is 1.56. The van der Waals surface area contributed by atoms with E-state index in [1.54, 1.807) is 0 Å². The largest absolute Gasteiger partial charge is 0.493 e. The van der Waals surface area contributed by atoms with E-state index >= 15 is 0 Å². The van der Waals surface area contributed by atoms with E-state index in [-0.39, 0.29) is 11.3 Å². The van der Waals surface area contributed by atoms with Crippen LogP contribution in [0.2, 0.25) is 0 Å². The average molecular weight is 329 g/mol. The van der Waals surface area contributed by atoms with Gasteiger partial charge in [-0.25, -0.2) is 0 Å². The van der Waals surface area contributed by atoms with E-state index in [1.807, 2.05) is 32.0 Å². The second-order valence-corrected chi connectivity index (χ2v) is 7.70. The standard InChI is InChI=1S/C20H27NO3/c1-13-5-3-6-14(2)17(13)23-12-8-16(22)21-18-15-7-11-24-19(15)20(18)9-4-10-20/h3,5-6,15,18-19H,4,7-12H2,1-2H3,(H,21,22)/t15-,18+,19-/m0/s1. The fourth-order valence-electron chi connectivity index (χ4n) is 4.97. The summed E-state index contributed by atoms with van der Waals surface area (Å²) < 4.78 is 11.8. The first-order valence-electron chi connectivity index (χ1n) is 9.22. The van der Waals surface area contributed by atoms with Crippen LogP contribution in [0, 0.1) is 25.2 Å². The van der Waals surface area contributed by atoms with Crippen LogP contribution < -0.4 is 10.1 Å². The third kappa shape index (κ3) is 2.43. The molecule has 1 aliphatic heterocycles. The summed E-state index contributed by atoms with van der Waals surface area (Å²) in [6.45, 7) is 5.37. The lowest BCUT2D eigenvalue weighted by molar-refractivity contribution is -0.179. The minimum atomic E-state index is 0.114. The molecule has 3 atom stereocenters. The zero-order valence-corrected chi connectivity index (χ0v) is 14.6. The molecule has 1 spiro atoms. The van der Waals surface area contributed by atoms with Crippen LogP contribution in [0.15, 0.2) is 18.2 Å². The van der Waals surface area contributed by atoms with Crippen LogP contribution in [-0.2, 0) is 9.53 Å². The molecule has 1 heterocycles. The second kappa shape index (κ2) is 6.07. The number of carbonyl (C=O) groups is 1. The van der Waals surface area contributed by atoms with Gasteiger partial charge >= 0.3 is 0 Å². The Hall–Kier alpha value is -1.55. The summed E-state index contributed by atoms with van der Waals surface area (Å²) >= 11 is 0. The van der Waals surface area contributed by atoms with Gasteiger partial charge in [0.25, 0.3) is 0 Å². The molecule has 3 aliphatic rings. The van der Waals surface area contributed by atoms with Crippen LogP contribution in [-0.4, -0.2) is 31.3 Å². The van der Waals surface area contributed by atoms with Gasteiger partial charge < -0.3 is 14.8 Å². The first kappa shape index (κ1) is 15.9. The van der Waals surface area contributed by atoms with Crippen molar-refractivity contribution in [1.82, 2.24) is 5.32 Å². The van der Waals surface area contributed by atoms with Crippen LogP contribution in [0.5, 0.6) is 5.75 Å². The number of rotatable bonds is 5. The zero-order valence-electron chi connectivity index (χ0n) is 14.6. The van der Waals surface area contributed by atoms with E-state index in [2.05, 4.69) is 5.32 Å². The molecule has 0 aromatic heterocycles. The summed E-state index contributed by atoms with van der Waals surface area (Å²) in [7, 11) is 0. The van der Waals surface area contributed by atoms with Crippen LogP contribution in [0.25, 0.3) is 0 Å². The second-order valence-electron chi connectivity index (χ2n) is 7.70. The maximum atomic E-state index is 12.4. The molecule has 24 heavy (non-hydrogen) atoms. The predicted octanol–water partition coefficient (Wildman–Crippen LogP) is 3.15. The van der Waals surface area contributed by atoms with Gasteiger partial charge in [-0.3, -0.25) is 4.79 Å². The number of hydrogen-bond acceptors (Lipinski definition) is 3. The fraction of sp³-hybridized carbons (Fsp3) is 0.650. The molecule has 1 aromatic rings. The highest BCUT2D eigenvalue weighted by Crippen LogP contribution is 2.62. The first-order chi connectivity index (χ1) is 11.6. The number of ether oxygens (including phenoxy) is 2. The van der Waals surface area contributed by atoms with Crippen molar-refractivity contribution < 1.29 is 14.3 Å². The van der Waals surface area contributed by atoms with E-state index in [1.165, 1.54) is 19.3 Å². The van der Waals surface area contributed by atoms with Crippen molar-refractivity contribution in [1.29, 1.82) is 0 Å². The van der Waals surface area contributed by atoms with Crippen LogP contribution >= 0.6 is 0 Å². The Morgan fingerprint density at radius 1 is 1.33 bits per heavy atom. The molecule has 1 aromatic carbocycles. The highest BCUT2D eigenvalue weighted by atomic mass is 16.5. The third-order valence-corrected chi connectivity index (χ3v) is 6.34. The number of nitrogens with one attached hydrogen (secondary N) is 1. The maximum Gasteiger partial charge on any atom is 0.223 e. The average Bonchev–Trinajstić information content (AvgIpc) is 2.91. The molecule has 1 saturated heterocycles. The highest BCUT2D eigenvalue weighted by Gasteiger charge is 2.66. The Labute approximate surface area is 143 Å². The van der Waals surface area contributed by atoms with Gasteiger partial charge in [-0.1, -0.05) is 24.6 Å². The molecule has 4 heteroatoms. The molecular formula is C20H27NO3. The lowest BCUT2D eigenvalue weighted by atomic mass is 9.46. The predicted molar refractivity (Wildman–Crippen MR) is 92.1 cm³/mol. The summed E-state index contributed by atoms with van der Waals surface area (Å²) in [4.78, 5) is 12.4. The van der Waals surface area contributed by atoms with E-state index in [4.69, 9.17) is 9.47 Å². The molecular weight excluding hydrogens is 302 g/mol. The number of fused-ring (bicyclic) bond motifs is 2. The van der Waals surface area contributed by atoms with Crippen molar-refractivity contribution in [3.8, 4) is 5.75 Å². The normalized spacial score (nSPS) is 29.5. The Morgan fingerprint density at radius 2 is 2.08 bits per heavy atom. The first-order valence-corrected chi connectivity index (χ1v) is 9.22. The minimum absolute atomic E-state index is 0.114. The number of aryl methyl sites for hydroxylation is 2. The molecule has 1 amide bonds. The Morgan fingerprint density at radius 3 is 2.75 bits per heavy atom. The van der Waals surface area contributed by atoms with Crippen LogP contribution in [0.4, 0.5) is 0 Å². The number of benzene rings is 1. The minimum Gasteiger partial charge on any atom is -0.493 e. The summed E-state index contributed by atoms with van der Waals surface area (Å²) in [6, 6.07) is 6.43. The summed E-state index contributed by atoms with van der Waals surface area (Å²) in [6.07, 6.45) is 5.60. The molecule has 4 nitrogen and oxygen atoms in total. The lowest BCUT2D eigenvalue weighted by Gasteiger charge is -2.63. The Kier molecular flexibility index (Phi) is 4.03. The Bertz CT molecular complexity index is 618. The summed E-state index contributed by atoms with van der Waals surface area (Å²) in [5.41, 5.74) is 2.49. The van der Waals surface area contributed by atoms with Crippen molar-refractivity contribution in [3.63, 3.8) is 0 Å². The fourth-order valence-corrected chi connectivity index (χ4v) is 4.97. The van der Waals surface area contributed by atoms with Gasteiger partial charge in [0.05, 0.1) is 19.1 Å². The molecule has 0 bridgehead atoms. The SMILES string of the molecule is Cc1cccc(C)c1OCCC(=O)N[C@@H]1[C@@H]2CCO[C@@H]2C12CCC2. The molecule has 0 unspecified atom stereocenters. The van der Waals surface area contributed by atoms with E-state index in [9.17, 15) is 4.79 Å². The molecule has 3 fully saturated rings. The van der Waals surface area contributed by atoms with Crippen molar-refractivity contribution in [2.75, 3.05) is 13.2 Å². The van der Waals surface area contributed by atoms with Gasteiger partial charge in [0, 0.05) is 24.0 Å². The maximum absolute atomic E-state index is 12.4. The Balaban J connectivity index is 1.30. The molecule has 1 N–H and O–H groups in total. The van der Waals surface area contributed by atoms with Crippen LogP contribution in [0.1, 0.15) is 43.2 Å². The van der Waals surface area contributed by atoms with E-state index in [0.717, 1.165) is 29.9 Å². The van der Waals surface area contributed by atoms with Gasteiger partial charge in [0.1, 0.15) is 5.75 Å². The molecule has 4 rings (SSSR count). The van der Waals surface area contributed by atoms with E-state index < -0.39 is 0 Å². The molecule has 130 valence electrons. The van der Waals surface area contributed by atoms with Crippen LogP contribution in [0.3, 0.4) is 0 Å². The lowest BCUT2D eigenvalue weighted by Crippen LogP contribution is -2.71. The van der Waals surface area contributed by atoms with Gasteiger partial charge in [-0.05, 0) is 44.2 Å². The van der Waals surface area contributed by atoms with Crippen molar-refractivity contribution in [2.45, 2.75) is 58.1 Å². The van der Waals surface area contributed by atoms with Gasteiger partial charge in [-0.15, -0.1) is 0 Å².